The summed E-state index contributed by atoms with van der Waals surface area (Å²) in [5.74, 6) is -1.87. The minimum absolute atomic E-state index is 0.111. The average molecular weight is 417 g/mol. The van der Waals surface area contributed by atoms with E-state index in [-0.39, 0.29) is 35.9 Å². The molecule has 0 saturated carbocycles. The summed E-state index contributed by atoms with van der Waals surface area (Å²) < 4.78 is 40.6. The van der Waals surface area contributed by atoms with Crippen LogP contribution in [0.5, 0.6) is 0 Å². The average Bonchev–Trinajstić information content (AvgIpc) is 2.93. The Morgan fingerprint density at radius 1 is 0.966 bits per heavy atom. The lowest BCUT2D eigenvalue weighted by Crippen LogP contribution is -2.52. The lowest BCUT2D eigenvalue weighted by Gasteiger charge is -2.35. The van der Waals surface area contributed by atoms with Crippen molar-refractivity contribution >= 4 is 27.4 Å². The molecule has 0 radical (unpaired) electrons. The van der Waals surface area contributed by atoms with E-state index in [1.807, 2.05) is 11.8 Å². The van der Waals surface area contributed by atoms with Crippen LogP contribution in [0.1, 0.15) is 15.9 Å². The number of nitrogens with zero attached hydrogens (tertiary/aromatic N) is 3. The first-order valence-electron chi connectivity index (χ1n) is 9.22. The Morgan fingerprint density at radius 2 is 1.62 bits per heavy atom. The number of rotatable bonds is 4. The zero-order chi connectivity index (χ0) is 20.8. The van der Waals surface area contributed by atoms with Crippen molar-refractivity contribution in [3.05, 3.63) is 59.4 Å². The number of benzene rings is 2. The van der Waals surface area contributed by atoms with Crippen molar-refractivity contribution in [3.63, 3.8) is 0 Å². The van der Waals surface area contributed by atoms with Crippen LogP contribution in [-0.2, 0) is 14.8 Å². The molecule has 2 aromatic carbocycles. The second-order valence-electron chi connectivity index (χ2n) is 7.20. The van der Waals surface area contributed by atoms with E-state index < -0.39 is 27.5 Å². The molecule has 0 bridgehead atoms. The molecule has 0 spiro atoms. The van der Waals surface area contributed by atoms with Crippen molar-refractivity contribution in [1.82, 2.24) is 9.21 Å². The normalized spacial score (nSPS) is 18.3. The summed E-state index contributed by atoms with van der Waals surface area (Å²) in [5, 5.41) is 0. The fourth-order valence-electron chi connectivity index (χ4n) is 3.58. The first kappa shape index (κ1) is 19.7. The molecule has 1 fully saturated rings. The number of Topliss-reactive ketones (excluding diaryl/α,β-unsaturated/α-hetero) is 1. The van der Waals surface area contributed by atoms with E-state index in [1.165, 1.54) is 21.3 Å². The molecule has 0 N–H and O–H groups in total. The van der Waals surface area contributed by atoms with Crippen LogP contribution in [-0.4, -0.2) is 62.2 Å². The largest absolute Gasteiger partial charge is 0.300 e. The Morgan fingerprint density at radius 3 is 2.28 bits per heavy atom. The Hall–Kier alpha value is -2.62. The Labute approximate surface area is 168 Å². The van der Waals surface area contributed by atoms with Crippen LogP contribution in [0.2, 0.25) is 0 Å². The summed E-state index contributed by atoms with van der Waals surface area (Å²) in [7, 11) is -3.58. The number of hydrogen-bond acceptors (Lipinski definition) is 5. The van der Waals surface area contributed by atoms with Crippen LogP contribution in [0.25, 0.3) is 0 Å². The van der Waals surface area contributed by atoms with Gasteiger partial charge in [-0.05, 0) is 37.3 Å². The SMILES string of the molecule is Cc1ccc(S(=O)(=O)N2CCN(CN3C(=O)C(=O)c4ccc(F)cc43)CC2)cc1. The Kier molecular flexibility index (Phi) is 4.97. The molecule has 0 atom stereocenters. The van der Waals surface area contributed by atoms with Crippen LogP contribution >= 0.6 is 0 Å². The van der Waals surface area contributed by atoms with Gasteiger partial charge in [-0.15, -0.1) is 0 Å². The van der Waals surface area contributed by atoms with Crippen LogP contribution in [0.4, 0.5) is 10.1 Å². The Bertz CT molecular complexity index is 1080. The second kappa shape index (κ2) is 7.33. The maximum absolute atomic E-state index is 13.6. The lowest BCUT2D eigenvalue weighted by molar-refractivity contribution is -0.114. The predicted octanol–water partition coefficient (Wildman–Crippen LogP) is 1.63. The van der Waals surface area contributed by atoms with Gasteiger partial charge >= 0.3 is 5.91 Å². The fraction of sp³-hybridized carbons (Fsp3) is 0.300. The molecule has 4 rings (SSSR count). The van der Waals surface area contributed by atoms with E-state index in [0.29, 0.717) is 13.1 Å². The van der Waals surface area contributed by atoms with Crippen LogP contribution < -0.4 is 4.90 Å². The molecular formula is C20H20FN3O4S. The van der Waals surface area contributed by atoms with E-state index in [4.69, 9.17) is 0 Å². The highest BCUT2D eigenvalue weighted by atomic mass is 32.2. The summed E-state index contributed by atoms with van der Waals surface area (Å²) in [5.41, 5.74) is 1.43. The summed E-state index contributed by atoms with van der Waals surface area (Å²) in [6, 6.07) is 10.4. The van der Waals surface area contributed by atoms with E-state index in [2.05, 4.69) is 0 Å². The summed E-state index contributed by atoms with van der Waals surface area (Å²) in [6.45, 7) is 3.33. The molecule has 2 heterocycles. The second-order valence-corrected chi connectivity index (χ2v) is 9.14. The maximum Gasteiger partial charge on any atom is 0.300 e. The maximum atomic E-state index is 13.6. The molecule has 1 saturated heterocycles. The van der Waals surface area contributed by atoms with Crippen LogP contribution in [0, 0.1) is 12.7 Å². The number of aryl methyl sites for hydroxylation is 1. The van der Waals surface area contributed by atoms with Gasteiger partial charge in [0.25, 0.3) is 5.78 Å². The first-order valence-corrected chi connectivity index (χ1v) is 10.7. The number of amides is 1. The zero-order valence-corrected chi connectivity index (χ0v) is 16.7. The first-order chi connectivity index (χ1) is 13.8. The Balaban J connectivity index is 1.45. The van der Waals surface area contributed by atoms with Crippen molar-refractivity contribution in [2.75, 3.05) is 37.7 Å². The van der Waals surface area contributed by atoms with Gasteiger partial charge in [0.15, 0.2) is 0 Å². The third-order valence-corrected chi connectivity index (χ3v) is 7.18. The van der Waals surface area contributed by atoms with E-state index in [0.717, 1.165) is 11.6 Å². The third kappa shape index (κ3) is 3.57. The number of sulfonamides is 1. The lowest BCUT2D eigenvalue weighted by atomic mass is 10.1. The number of carbonyl (C=O) groups is 2. The molecule has 29 heavy (non-hydrogen) atoms. The smallest absolute Gasteiger partial charge is 0.291 e. The fourth-order valence-corrected chi connectivity index (χ4v) is 5.00. The van der Waals surface area contributed by atoms with Gasteiger partial charge in [0.2, 0.25) is 10.0 Å². The van der Waals surface area contributed by atoms with Crippen molar-refractivity contribution in [1.29, 1.82) is 0 Å². The standard InChI is InChI=1S/C20H20FN3O4S/c1-14-2-5-16(6-3-14)29(27,28)23-10-8-22(9-11-23)13-24-18-12-15(21)4-7-17(18)19(25)20(24)26/h2-7,12H,8-11,13H2,1H3. The van der Waals surface area contributed by atoms with Gasteiger partial charge in [-0.3, -0.25) is 19.4 Å². The van der Waals surface area contributed by atoms with Crippen molar-refractivity contribution in [3.8, 4) is 0 Å². The molecule has 152 valence electrons. The topological polar surface area (TPSA) is 78.0 Å². The number of hydrogen-bond donors (Lipinski definition) is 0. The monoisotopic (exact) mass is 417 g/mol. The molecular weight excluding hydrogens is 397 g/mol. The minimum atomic E-state index is -3.58. The summed E-state index contributed by atoms with van der Waals surface area (Å²) >= 11 is 0. The highest BCUT2D eigenvalue weighted by Gasteiger charge is 2.38. The molecule has 0 unspecified atom stereocenters. The molecule has 1 amide bonds. The molecule has 2 aromatic rings. The van der Waals surface area contributed by atoms with Gasteiger partial charge in [0.1, 0.15) is 5.82 Å². The predicted molar refractivity (Wildman–Crippen MR) is 105 cm³/mol. The van der Waals surface area contributed by atoms with Crippen molar-refractivity contribution in [2.24, 2.45) is 0 Å². The molecule has 0 aromatic heterocycles. The van der Waals surface area contributed by atoms with E-state index >= 15 is 0 Å². The molecule has 2 aliphatic heterocycles. The number of carbonyl (C=O) groups excluding carboxylic acids is 2. The van der Waals surface area contributed by atoms with E-state index in [1.54, 1.807) is 24.3 Å². The highest BCUT2D eigenvalue weighted by molar-refractivity contribution is 7.89. The number of anilines is 1. The van der Waals surface area contributed by atoms with Gasteiger partial charge in [0.05, 0.1) is 22.8 Å². The van der Waals surface area contributed by atoms with Gasteiger partial charge < -0.3 is 0 Å². The minimum Gasteiger partial charge on any atom is -0.291 e. The zero-order valence-electron chi connectivity index (χ0n) is 15.8. The third-order valence-electron chi connectivity index (χ3n) is 5.27. The molecule has 2 aliphatic rings. The molecule has 7 nitrogen and oxygen atoms in total. The number of ketones is 1. The van der Waals surface area contributed by atoms with E-state index in [9.17, 15) is 22.4 Å². The number of halogens is 1. The number of piperazine rings is 1. The van der Waals surface area contributed by atoms with Crippen LogP contribution in [0.3, 0.4) is 0 Å². The van der Waals surface area contributed by atoms with Gasteiger partial charge in [-0.2, -0.15) is 4.31 Å². The van der Waals surface area contributed by atoms with Gasteiger partial charge in [0, 0.05) is 26.2 Å². The quantitative estimate of drug-likeness (QED) is 0.707. The van der Waals surface area contributed by atoms with Crippen molar-refractivity contribution in [2.45, 2.75) is 11.8 Å². The number of fused-ring (bicyclic) bond motifs is 1. The molecule has 0 aliphatic carbocycles. The molecule has 9 heteroatoms. The van der Waals surface area contributed by atoms with Crippen LogP contribution in [0.15, 0.2) is 47.4 Å². The van der Waals surface area contributed by atoms with Gasteiger partial charge in [-0.1, -0.05) is 17.7 Å². The summed E-state index contributed by atoms with van der Waals surface area (Å²) in [6.07, 6.45) is 0. The van der Waals surface area contributed by atoms with Crippen molar-refractivity contribution < 1.29 is 22.4 Å². The van der Waals surface area contributed by atoms with Gasteiger partial charge in [-0.25, -0.2) is 12.8 Å². The highest BCUT2D eigenvalue weighted by Crippen LogP contribution is 2.30. The summed E-state index contributed by atoms with van der Waals surface area (Å²) in [4.78, 5) is 27.8.